The fraction of sp³-hybridized carbons (Fsp3) is 0.533. The molecule has 0 radical (unpaired) electrons. The molecule has 0 spiro atoms. The first-order valence-corrected chi connectivity index (χ1v) is 6.36. The van der Waals surface area contributed by atoms with Gasteiger partial charge in [-0.25, -0.2) is 0 Å². The van der Waals surface area contributed by atoms with Gasteiger partial charge in [-0.05, 0) is 27.3 Å². The number of benzene rings is 1. The van der Waals surface area contributed by atoms with E-state index in [1.807, 2.05) is 43.0 Å². The van der Waals surface area contributed by atoms with Crippen molar-refractivity contribution in [2.45, 2.75) is 33.3 Å². The summed E-state index contributed by atoms with van der Waals surface area (Å²) in [6.45, 7) is 9.11. The molecule has 0 aliphatic heterocycles. The lowest BCUT2D eigenvalue weighted by atomic mass is 10.1. The highest BCUT2D eigenvalue weighted by atomic mass is 16.3. The minimum absolute atomic E-state index is 0.0982. The van der Waals surface area contributed by atoms with Gasteiger partial charge in [0.15, 0.2) is 5.78 Å². The molecule has 1 N–H and O–H groups in total. The molecule has 0 amide bonds. The minimum atomic E-state index is -0.774. The molecule has 0 aliphatic rings. The third kappa shape index (κ3) is 4.98. The van der Waals surface area contributed by atoms with Crippen molar-refractivity contribution in [1.29, 1.82) is 0 Å². The van der Waals surface area contributed by atoms with E-state index in [-0.39, 0.29) is 5.78 Å². The third-order valence-electron chi connectivity index (χ3n) is 2.80. The number of rotatable bonds is 6. The summed E-state index contributed by atoms with van der Waals surface area (Å²) in [4.78, 5) is 14.0. The van der Waals surface area contributed by atoms with E-state index in [1.54, 1.807) is 13.8 Å². The molecule has 0 aliphatic carbocycles. The van der Waals surface area contributed by atoms with E-state index >= 15 is 0 Å². The van der Waals surface area contributed by atoms with Crippen molar-refractivity contribution >= 4 is 5.78 Å². The van der Waals surface area contributed by atoms with Crippen LogP contribution >= 0.6 is 0 Å². The van der Waals surface area contributed by atoms with E-state index < -0.39 is 5.60 Å². The highest BCUT2D eigenvalue weighted by Gasteiger charge is 2.19. The number of aliphatic hydroxyl groups is 1. The molecule has 3 heteroatoms. The van der Waals surface area contributed by atoms with Crippen molar-refractivity contribution in [3.05, 3.63) is 35.4 Å². The van der Waals surface area contributed by atoms with Crippen LogP contribution in [0.2, 0.25) is 0 Å². The summed E-state index contributed by atoms with van der Waals surface area (Å²) in [6, 6.07) is 7.60. The topological polar surface area (TPSA) is 40.5 Å². The standard InChI is InChI=1S/C15H23NO2/c1-5-16(11-15(3,4)18)10-14(17)13-8-6-12(2)7-9-13/h6-9,18H,5,10-11H2,1-4H3. The lowest BCUT2D eigenvalue weighted by molar-refractivity contribution is 0.0376. The number of nitrogens with zero attached hydrogens (tertiary/aromatic N) is 1. The summed E-state index contributed by atoms with van der Waals surface area (Å²) < 4.78 is 0. The summed E-state index contributed by atoms with van der Waals surface area (Å²) >= 11 is 0. The molecule has 0 saturated carbocycles. The van der Waals surface area contributed by atoms with Crippen LogP contribution in [0.1, 0.15) is 36.7 Å². The van der Waals surface area contributed by atoms with Gasteiger partial charge in [-0.3, -0.25) is 9.69 Å². The summed E-state index contributed by atoms with van der Waals surface area (Å²) in [7, 11) is 0. The Hall–Kier alpha value is -1.19. The van der Waals surface area contributed by atoms with Gasteiger partial charge < -0.3 is 5.11 Å². The molecule has 1 aromatic rings. The lowest BCUT2D eigenvalue weighted by Gasteiger charge is -2.27. The van der Waals surface area contributed by atoms with Crippen LogP contribution in [0, 0.1) is 6.92 Å². The number of Topliss-reactive ketones (excluding diaryl/α,β-unsaturated/α-hetero) is 1. The molecular formula is C15H23NO2. The predicted octanol–water partition coefficient (Wildman–Crippen LogP) is 2.27. The van der Waals surface area contributed by atoms with E-state index in [0.717, 1.165) is 17.7 Å². The van der Waals surface area contributed by atoms with Crippen LogP contribution in [0.4, 0.5) is 0 Å². The summed E-state index contributed by atoms with van der Waals surface area (Å²) in [6.07, 6.45) is 0. The van der Waals surface area contributed by atoms with E-state index in [0.29, 0.717) is 13.1 Å². The number of carbonyl (C=O) groups excluding carboxylic acids is 1. The Bertz CT molecular complexity index is 390. The zero-order chi connectivity index (χ0) is 13.8. The second-order valence-electron chi connectivity index (χ2n) is 5.40. The third-order valence-corrected chi connectivity index (χ3v) is 2.80. The van der Waals surface area contributed by atoms with Crippen LogP contribution in [0.5, 0.6) is 0 Å². The number of likely N-dealkylation sites (N-methyl/N-ethyl adjacent to an activating group) is 1. The highest BCUT2D eigenvalue weighted by molar-refractivity contribution is 5.97. The van der Waals surface area contributed by atoms with Crippen LogP contribution in [-0.4, -0.2) is 41.0 Å². The number of hydrogen-bond donors (Lipinski definition) is 1. The lowest BCUT2D eigenvalue weighted by Crippen LogP contribution is -2.41. The van der Waals surface area contributed by atoms with Gasteiger partial charge in [-0.2, -0.15) is 0 Å². The van der Waals surface area contributed by atoms with Gasteiger partial charge in [0.1, 0.15) is 0 Å². The number of ketones is 1. The van der Waals surface area contributed by atoms with Gasteiger partial charge in [0.25, 0.3) is 0 Å². The highest BCUT2D eigenvalue weighted by Crippen LogP contribution is 2.08. The quantitative estimate of drug-likeness (QED) is 0.786. The first-order valence-electron chi connectivity index (χ1n) is 6.36. The van der Waals surface area contributed by atoms with Crippen LogP contribution in [-0.2, 0) is 0 Å². The molecule has 0 saturated heterocycles. The molecule has 0 aromatic heterocycles. The van der Waals surface area contributed by atoms with E-state index in [1.165, 1.54) is 0 Å². The normalized spacial score (nSPS) is 11.9. The molecule has 0 bridgehead atoms. The van der Waals surface area contributed by atoms with Crippen LogP contribution in [0.3, 0.4) is 0 Å². The Kier molecular flexibility index (Phi) is 5.05. The molecule has 0 heterocycles. The van der Waals surface area contributed by atoms with Crippen molar-refractivity contribution in [1.82, 2.24) is 4.90 Å². The van der Waals surface area contributed by atoms with Crippen molar-refractivity contribution in [2.24, 2.45) is 0 Å². The molecule has 1 rings (SSSR count). The van der Waals surface area contributed by atoms with E-state index in [4.69, 9.17) is 0 Å². The predicted molar refractivity (Wildman–Crippen MR) is 73.9 cm³/mol. The van der Waals surface area contributed by atoms with Gasteiger partial charge in [-0.15, -0.1) is 0 Å². The van der Waals surface area contributed by atoms with E-state index in [9.17, 15) is 9.90 Å². The monoisotopic (exact) mass is 249 g/mol. The van der Waals surface area contributed by atoms with Gasteiger partial charge in [0, 0.05) is 12.1 Å². The largest absolute Gasteiger partial charge is 0.389 e. The second-order valence-corrected chi connectivity index (χ2v) is 5.40. The van der Waals surface area contributed by atoms with Crippen LogP contribution in [0.15, 0.2) is 24.3 Å². The maximum absolute atomic E-state index is 12.1. The van der Waals surface area contributed by atoms with Crippen molar-refractivity contribution in [3.8, 4) is 0 Å². The van der Waals surface area contributed by atoms with E-state index in [2.05, 4.69) is 0 Å². The average molecular weight is 249 g/mol. The molecule has 18 heavy (non-hydrogen) atoms. The average Bonchev–Trinajstić information content (AvgIpc) is 2.27. The molecule has 3 nitrogen and oxygen atoms in total. The van der Waals surface area contributed by atoms with Gasteiger partial charge in [-0.1, -0.05) is 36.8 Å². The van der Waals surface area contributed by atoms with Crippen molar-refractivity contribution in [2.75, 3.05) is 19.6 Å². The fourth-order valence-electron chi connectivity index (χ4n) is 1.86. The Morgan fingerprint density at radius 1 is 1.28 bits per heavy atom. The SMILES string of the molecule is CCN(CC(=O)c1ccc(C)cc1)CC(C)(C)O. The smallest absolute Gasteiger partial charge is 0.176 e. The summed E-state index contributed by atoms with van der Waals surface area (Å²) in [5, 5.41) is 9.79. The minimum Gasteiger partial charge on any atom is -0.389 e. The maximum atomic E-state index is 12.1. The first kappa shape index (κ1) is 14.9. The van der Waals surface area contributed by atoms with Gasteiger partial charge >= 0.3 is 0 Å². The van der Waals surface area contributed by atoms with Crippen molar-refractivity contribution in [3.63, 3.8) is 0 Å². The van der Waals surface area contributed by atoms with Crippen molar-refractivity contribution < 1.29 is 9.90 Å². The fourth-order valence-corrected chi connectivity index (χ4v) is 1.86. The van der Waals surface area contributed by atoms with Crippen LogP contribution < -0.4 is 0 Å². The second kappa shape index (κ2) is 6.12. The maximum Gasteiger partial charge on any atom is 0.176 e. The zero-order valence-electron chi connectivity index (χ0n) is 11.7. The summed E-state index contributed by atoms with van der Waals surface area (Å²) in [5.41, 5.74) is 1.11. The molecule has 0 atom stereocenters. The molecular weight excluding hydrogens is 226 g/mol. The Morgan fingerprint density at radius 3 is 2.28 bits per heavy atom. The molecule has 100 valence electrons. The number of carbonyl (C=O) groups is 1. The molecule has 1 aromatic carbocycles. The zero-order valence-corrected chi connectivity index (χ0v) is 11.7. The number of hydrogen-bond acceptors (Lipinski definition) is 3. The Labute approximate surface area is 109 Å². The molecule has 0 unspecified atom stereocenters. The van der Waals surface area contributed by atoms with Gasteiger partial charge in [0.05, 0.1) is 12.1 Å². The summed E-state index contributed by atoms with van der Waals surface area (Å²) in [5.74, 6) is 0.0982. The number of aryl methyl sites for hydroxylation is 1. The van der Waals surface area contributed by atoms with Gasteiger partial charge in [0.2, 0.25) is 0 Å². The van der Waals surface area contributed by atoms with Crippen LogP contribution in [0.25, 0.3) is 0 Å². The Morgan fingerprint density at radius 2 is 1.83 bits per heavy atom. The molecule has 0 fully saturated rings. The first-order chi connectivity index (χ1) is 8.31. The Balaban J connectivity index is 2.65.